The van der Waals surface area contributed by atoms with Crippen molar-refractivity contribution < 1.29 is 9.53 Å². The van der Waals surface area contributed by atoms with Crippen molar-refractivity contribution in [1.29, 1.82) is 0 Å². The lowest BCUT2D eigenvalue weighted by Gasteiger charge is -2.31. The molecule has 2 aromatic rings. The second-order valence-electron chi connectivity index (χ2n) is 5.23. The Morgan fingerprint density at radius 2 is 2.14 bits per heavy atom. The number of carbonyl (C=O) groups is 1. The molecule has 116 valence electrons. The summed E-state index contributed by atoms with van der Waals surface area (Å²) >= 11 is 0. The molecule has 1 fully saturated rings. The number of hydrogen-bond acceptors (Lipinski definition) is 5. The normalized spacial score (nSPS) is 15.8. The Labute approximate surface area is 128 Å². The molecule has 0 atom stereocenters. The zero-order valence-corrected chi connectivity index (χ0v) is 12.6. The van der Waals surface area contributed by atoms with Crippen molar-refractivity contribution in [3.63, 3.8) is 0 Å². The van der Waals surface area contributed by atoms with Crippen molar-refractivity contribution in [3.8, 4) is 11.7 Å². The van der Waals surface area contributed by atoms with Crippen LogP contribution in [0.5, 0.6) is 5.88 Å². The summed E-state index contributed by atoms with van der Waals surface area (Å²) in [6.45, 7) is 3.38. The molecule has 1 aliphatic rings. The molecule has 7 nitrogen and oxygen atoms in total. The monoisotopic (exact) mass is 301 g/mol. The number of aromatic nitrogens is 4. The summed E-state index contributed by atoms with van der Waals surface area (Å²) in [6.07, 6.45) is 5.81. The molecule has 0 aromatic carbocycles. The van der Waals surface area contributed by atoms with E-state index in [9.17, 15) is 4.79 Å². The van der Waals surface area contributed by atoms with E-state index in [1.54, 1.807) is 16.9 Å². The predicted octanol–water partition coefficient (Wildman–Crippen LogP) is 1.44. The van der Waals surface area contributed by atoms with E-state index < -0.39 is 0 Å². The molecule has 0 aliphatic carbocycles. The molecule has 2 aromatic heterocycles. The van der Waals surface area contributed by atoms with Gasteiger partial charge in [-0.2, -0.15) is 5.10 Å². The molecule has 1 amide bonds. The zero-order valence-electron chi connectivity index (χ0n) is 12.6. The van der Waals surface area contributed by atoms with Gasteiger partial charge in [0, 0.05) is 50.8 Å². The van der Waals surface area contributed by atoms with Crippen molar-refractivity contribution in [2.45, 2.75) is 32.3 Å². The molecule has 0 spiro atoms. The van der Waals surface area contributed by atoms with Crippen LogP contribution in [-0.4, -0.2) is 50.0 Å². The molecule has 0 N–H and O–H groups in total. The van der Waals surface area contributed by atoms with Crippen LogP contribution in [0.15, 0.2) is 30.6 Å². The van der Waals surface area contributed by atoms with Crippen molar-refractivity contribution in [1.82, 2.24) is 24.9 Å². The van der Waals surface area contributed by atoms with Crippen LogP contribution in [0.1, 0.15) is 26.2 Å². The first-order valence-electron chi connectivity index (χ1n) is 7.54. The second kappa shape index (κ2) is 6.55. The second-order valence-corrected chi connectivity index (χ2v) is 5.23. The third-order valence-electron chi connectivity index (χ3n) is 3.75. The highest BCUT2D eigenvalue weighted by atomic mass is 16.5. The fourth-order valence-corrected chi connectivity index (χ4v) is 2.52. The van der Waals surface area contributed by atoms with Crippen LogP contribution in [0.3, 0.4) is 0 Å². The summed E-state index contributed by atoms with van der Waals surface area (Å²) in [5.41, 5.74) is 0. The summed E-state index contributed by atoms with van der Waals surface area (Å²) in [6, 6.07) is 5.45. The first-order chi connectivity index (χ1) is 10.8. The van der Waals surface area contributed by atoms with E-state index in [0.29, 0.717) is 18.1 Å². The van der Waals surface area contributed by atoms with Gasteiger partial charge in [0.1, 0.15) is 6.10 Å². The Kier molecular flexibility index (Phi) is 4.32. The molecule has 0 unspecified atom stereocenters. The van der Waals surface area contributed by atoms with E-state index in [-0.39, 0.29) is 12.0 Å². The van der Waals surface area contributed by atoms with Crippen molar-refractivity contribution in [2.24, 2.45) is 0 Å². The standard InChI is InChI=1S/C15H19N5O2/c1-2-15(21)19-10-6-12(7-11-19)22-14-5-4-13(17-18-14)20-9-3-8-16-20/h3-5,8-9,12H,2,6-7,10-11H2,1H3. The number of nitrogens with zero attached hydrogens (tertiary/aromatic N) is 5. The number of hydrogen-bond donors (Lipinski definition) is 0. The number of amides is 1. The maximum Gasteiger partial charge on any atom is 0.233 e. The minimum absolute atomic E-state index is 0.0887. The maximum absolute atomic E-state index is 11.6. The summed E-state index contributed by atoms with van der Waals surface area (Å²) in [5.74, 6) is 1.37. The number of ether oxygens (including phenoxy) is 1. The number of likely N-dealkylation sites (tertiary alicyclic amines) is 1. The summed E-state index contributed by atoms with van der Waals surface area (Å²) < 4.78 is 7.49. The first kappa shape index (κ1) is 14.5. The minimum Gasteiger partial charge on any atom is -0.473 e. The van der Waals surface area contributed by atoms with Gasteiger partial charge in [0.2, 0.25) is 11.8 Å². The molecule has 7 heteroatoms. The molecule has 0 saturated carbocycles. The van der Waals surface area contributed by atoms with Gasteiger partial charge in [0.25, 0.3) is 0 Å². The summed E-state index contributed by atoms with van der Waals surface area (Å²) in [5, 5.41) is 12.3. The summed E-state index contributed by atoms with van der Waals surface area (Å²) in [7, 11) is 0. The molecule has 1 saturated heterocycles. The van der Waals surface area contributed by atoms with E-state index >= 15 is 0 Å². The third kappa shape index (κ3) is 3.24. The van der Waals surface area contributed by atoms with Gasteiger partial charge in [-0.3, -0.25) is 4.79 Å². The average molecular weight is 301 g/mol. The number of piperidine rings is 1. The van der Waals surface area contributed by atoms with Gasteiger partial charge in [-0.15, -0.1) is 10.2 Å². The van der Waals surface area contributed by atoms with Crippen LogP contribution < -0.4 is 4.74 Å². The molecule has 0 bridgehead atoms. The first-order valence-corrected chi connectivity index (χ1v) is 7.54. The van der Waals surface area contributed by atoms with Crippen molar-refractivity contribution in [3.05, 3.63) is 30.6 Å². The largest absolute Gasteiger partial charge is 0.473 e. The van der Waals surface area contributed by atoms with Crippen LogP contribution in [0.2, 0.25) is 0 Å². The highest BCUT2D eigenvalue weighted by molar-refractivity contribution is 5.75. The Hall–Kier alpha value is -2.44. The zero-order chi connectivity index (χ0) is 15.4. The van der Waals surface area contributed by atoms with Gasteiger partial charge < -0.3 is 9.64 Å². The van der Waals surface area contributed by atoms with Gasteiger partial charge in [-0.05, 0) is 12.1 Å². The van der Waals surface area contributed by atoms with Crippen LogP contribution in [0.4, 0.5) is 0 Å². The highest BCUT2D eigenvalue weighted by Crippen LogP contribution is 2.17. The molecular weight excluding hydrogens is 282 g/mol. The Bertz CT molecular complexity index is 603. The average Bonchev–Trinajstić information content (AvgIpc) is 3.10. The van der Waals surface area contributed by atoms with Crippen LogP contribution in [0.25, 0.3) is 5.82 Å². The Morgan fingerprint density at radius 3 is 2.73 bits per heavy atom. The topological polar surface area (TPSA) is 73.1 Å². The Morgan fingerprint density at radius 1 is 1.32 bits per heavy atom. The number of carbonyl (C=O) groups excluding carboxylic acids is 1. The van der Waals surface area contributed by atoms with Crippen LogP contribution in [-0.2, 0) is 4.79 Å². The van der Waals surface area contributed by atoms with Gasteiger partial charge in [-0.25, -0.2) is 4.68 Å². The maximum atomic E-state index is 11.6. The fraction of sp³-hybridized carbons (Fsp3) is 0.467. The van der Waals surface area contributed by atoms with E-state index in [0.717, 1.165) is 25.9 Å². The fourth-order valence-electron chi connectivity index (χ4n) is 2.52. The Balaban J connectivity index is 1.55. The molecule has 3 heterocycles. The van der Waals surface area contributed by atoms with E-state index in [4.69, 9.17) is 4.74 Å². The smallest absolute Gasteiger partial charge is 0.233 e. The lowest BCUT2D eigenvalue weighted by Crippen LogP contribution is -2.41. The third-order valence-corrected chi connectivity index (χ3v) is 3.75. The van der Waals surface area contributed by atoms with E-state index in [1.807, 2.05) is 30.2 Å². The van der Waals surface area contributed by atoms with Gasteiger partial charge in [-0.1, -0.05) is 6.92 Å². The van der Waals surface area contributed by atoms with Crippen molar-refractivity contribution in [2.75, 3.05) is 13.1 Å². The number of rotatable bonds is 4. The van der Waals surface area contributed by atoms with Crippen molar-refractivity contribution >= 4 is 5.91 Å². The van der Waals surface area contributed by atoms with Gasteiger partial charge in [0.05, 0.1) is 0 Å². The van der Waals surface area contributed by atoms with E-state index in [2.05, 4.69) is 15.3 Å². The van der Waals surface area contributed by atoms with E-state index in [1.165, 1.54) is 0 Å². The quantitative estimate of drug-likeness (QED) is 0.854. The molecule has 22 heavy (non-hydrogen) atoms. The molecule has 1 aliphatic heterocycles. The lowest BCUT2D eigenvalue weighted by molar-refractivity contribution is -0.132. The lowest BCUT2D eigenvalue weighted by atomic mass is 10.1. The predicted molar refractivity (Wildman–Crippen MR) is 79.7 cm³/mol. The molecule has 3 rings (SSSR count). The highest BCUT2D eigenvalue weighted by Gasteiger charge is 2.23. The summed E-state index contributed by atoms with van der Waals surface area (Å²) in [4.78, 5) is 13.5. The molecule has 0 radical (unpaired) electrons. The van der Waals surface area contributed by atoms with Gasteiger partial charge in [0.15, 0.2) is 5.82 Å². The SMILES string of the molecule is CCC(=O)N1CCC(Oc2ccc(-n3cccn3)nn2)CC1. The minimum atomic E-state index is 0.0887. The van der Waals surface area contributed by atoms with Crippen LogP contribution >= 0.6 is 0 Å². The van der Waals surface area contributed by atoms with Crippen LogP contribution in [0, 0.1) is 0 Å². The van der Waals surface area contributed by atoms with Gasteiger partial charge >= 0.3 is 0 Å². The molecular formula is C15H19N5O2.